The summed E-state index contributed by atoms with van der Waals surface area (Å²) < 4.78 is 48.4. The topological polar surface area (TPSA) is 97.0 Å². The largest absolute Gasteiger partial charge is 0.494 e. The minimum absolute atomic E-state index is 0.0251. The molecule has 0 aliphatic heterocycles. The van der Waals surface area contributed by atoms with Gasteiger partial charge in [0.1, 0.15) is 11.8 Å². The van der Waals surface area contributed by atoms with Gasteiger partial charge in [0.15, 0.2) is 17.4 Å². The lowest BCUT2D eigenvalue weighted by Crippen LogP contribution is -2.14. The smallest absolute Gasteiger partial charge is 0.263 e. The molecule has 0 unspecified atom stereocenters. The molecule has 3 rings (SSSR count). The van der Waals surface area contributed by atoms with Gasteiger partial charge in [-0.05, 0) is 29.8 Å². The van der Waals surface area contributed by atoms with Crippen LogP contribution < -0.4 is 9.46 Å². The maximum atomic E-state index is 14.3. The monoisotopic (exact) mass is 412 g/mol. The number of hydrogen-bond acceptors (Lipinski definition) is 5. The van der Waals surface area contributed by atoms with Crippen molar-refractivity contribution in [2.45, 2.75) is 11.4 Å². The number of hydrogen-bond donors (Lipinski definition) is 1. The Labute approximate surface area is 167 Å². The zero-order valence-corrected chi connectivity index (χ0v) is 16.3. The normalized spacial score (nSPS) is 10.9. The summed E-state index contributed by atoms with van der Waals surface area (Å²) in [6.07, 6.45) is 1.52. The van der Waals surface area contributed by atoms with Crippen LogP contribution in [0.1, 0.15) is 5.69 Å². The van der Waals surface area contributed by atoms with Crippen LogP contribution in [0.15, 0.2) is 66.1 Å². The van der Waals surface area contributed by atoms with Gasteiger partial charge in [0, 0.05) is 0 Å². The van der Waals surface area contributed by atoms with Gasteiger partial charge in [-0.1, -0.05) is 30.3 Å². The maximum Gasteiger partial charge on any atom is 0.263 e. The van der Waals surface area contributed by atoms with E-state index in [1.807, 2.05) is 6.07 Å². The fraction of sp³-hybridized carbons (Fsp3) is 0.100. The first-order valence-electron chi connectivity index (χ1n) is 8.45. The predicted octanol–water partition coefficient (Wildman–Crippen LogP) is 3.56. The molecule has 7 nitrogen and oxygen atoms in total. The van der Waals surface area contributed by atoms with E-state index >= 15 is 0 Å². The minimum atomic E-state index is -3.97. The SMILES string of the molecule is C=CCn1nc(NS(=O)(=O)c2ccccc2)c(-c2ccc(OC)c(F)c2)c1C#N. The van der Waals surface area contributed by atoms with Crippen molar-refractivity contribution in [2.75, 3.05) is 11.8 Å². The van der Waals surface area contributed by atoms with E-state index < -0.39 is 15.8 Å². The predicted molar refractivity (Wildman–Crippen MR) is 106 cm³/mol. The first-order chi connectivity index (χ1) is 13.9. The lowest BCUT2D eigenvalue weighted by atomic mass is 10.1. The molecule has 0 fully saturated rings. The zero-order chi connectivity index (χ0) is 21.0. The number of allylic oxidation sites excluding steroid dienone is 1. The van der Waals surface area contributed by atoms with Gasteiger partial charge in [-0.25, -0.2) is 17.5 Å². The van der Waals surface area contributed by atoms with Crippen molar-refractivity contribution in [1.29, 1.82) is 5.26 Å². The number of benzene rings is 2. The Balaban J connectivity index is 2.18. The van der Waals surface area contributed by atoms with E-state index in [0.29, 0.717) is 0 Å². The third-order valence-corrected chi connectivity index (χ3v) is 5.44. The molecule has 0 atom stereocenters. The molecule has 0 bridgehead atoms. The standard InChI is InChI=1S/C20H17FN4O3S/c1-3-11-25-17(13-22)19(14-9-10-18(28-2)16(21)12-14)20(23-25)24-29(26,27)15-7-5-4-6-8-15/h3-10,12H,1,11H2,2H3,(H,23,24). The highest BCUT2D eigenvalue weighted by Gasteiger charge is 2.24. The van der Waals surface area contributed by atoms with Crippen molar-refractivity contribution in [3.8, 4) is 22.9 Å². The molecule has 1 heterocycles. The van der Waals surface area contributed by atoms with Gasteiger partial charge in [0.2, 0.25) is 0 Å². The summed E-state index contributed by atoms with van der Waals surface area (Å²) in [5, 5.41) is 13.9. The summed E-state index contributed by atoms with van der Waals surface area (Å²) >= 11 is 0. The van der Waals surface area contributed by atoms with Crippen LogP contribution in [-0.4, -0.2) is 25.3 Å². The van der Waals surface area contributed by atoms with Crippen LogP contribution in [0.2, 0.25) is 0 Å². The van der Waals surface area contributed by atoms with Crippen LogP contribution in [0.5, 0.6) is 5.75 Å². The van der Waals surface area contributed by atoms with E-state index in [4.69, 9.17) is 4.74 Å². The van der Waals surface area contributed by atoms with Crippen molar-refractivity contribution in [1.82, 2.24) is 9.78 Å². The van der Waals surface area contributed by atoms with Crippen molar-refractivity contribution >= 4 is 15.8 Å². The van der Waals surface area contributed by atoms with Crippen LogP contribution in [0.3, 0.4) is 0 Å². The summed E-state index contributed by atoms with van der Waals surface area (Å²) in [5.41, 5.74) is 0.511. The van der Waals surface area contributed by atoms with Crippen molar-refractivity contribution in [2.24, 2.45) is 0 Å². The lowest BCUT2D eigenvalue weighted by molar-refractivity contribution is 0.386. The number of nitrogens with one attached hydrogen (secondary N) is 1. The van der Waals surface area contributed by atoms with Gasteiger partial charge in [-0.3, -0.25) is 4.72 Å². The molecule has 2 aromatic carbocycles. The highest BCUT2D eigenvalue weighted by atomic mass is 32.2. The van der Waals surface area contributed by atoms with Crippen LogP contribution in [0.25, 0.3) is 11.1 Å². The molecule has 0 spiro atoms. The van der Waals surface area contributed by atoms with Crippen LogP contribution in [-0.2, 0) is 16.6 Å². The molecular formula is C20H17FN4O3S. The van der Waals surface area contributed by atoms with E-state index in [1.165, 1.54) is 42.1 Å². The summed E-state index contributed by atoms with van der Waals surface area (Å²) in [6, 6.07) is 13.8. The third kappa shape index (κ3) is 3.97. The highest BCUT2D eigenvalue weighted by Crippen LogP contribution is 2.34. The molecule has 9 heteroatoms. The number of rotatable bonds is 7. The summed E-state index contributed by atoms with van der Waals surface area (Å²) in [4.78, 5) is 0.0311. The fourth-order valence-corrected chi connectivity index (χ4v) is 3.81. The van der Waals surface area contributed by atoms with Gasteiger partial charge in [0.25, 0.3) is 10.0 Å². The average molecular weight is 412 g/mol. The Hall–Kier alpha value is -3.64. The second kappa shape index (κ2) is 8.16. The summed E-state index contributed by atoms with van der Waals surface area (Å²) in [6.45, 7) is 3.78. The number of nitriles is 1. The van der Waals surface area contributed by atoms with Crippen LogP contribution in [0, 0.1) is 17.1 Å². The maximum absolute atomic E-state index is 14.3. The molecule has 0 amide bonds. The Bertz CT molecular complexity index is 1200. The molecular weight excluding hydrogens is 395 g/mol. The molecule has 148 valence electrons. The van der Waals surface area contributed by atoms with Crippen molar-refractivity contribution in [3.63, 3.8) is 0 Å². The van der Waals surface area contributed by atoms with Gasteiger partial charge < -0.3 is 4.74 Å². The molecule has 0 aliphatic carbocycles. The number of nitrogens with zero attached hydrogens (tertiary/aromatic N) is 3. The molecule has 3 aromatic rings. The molecule has 29 heavy (non-hydrogen) atoms. The van der Waals surface area contributed by atoms with E-state index in [-0.39, 0.29) is 39.8 Å². The quantitative estimate of drug-likeness (QED) is 0.599. The van der Waals surface area contributed by atoms with Crippen LogP contribution >= 0.6 is 0 Å². The number of sulfonamides is 1. The van der Waals surface area contributed by atoms with E-state index in [1.54, 1.807) is 18.2 Å². The molecule has 0 aliphatic rings. The molecule has 1 N–H and O–H groups in total. The molecule has 0 saturated heterocycles. The fourth-order valence-electron chi connectivity index (χ4n) is 2.78. The number of halogens is 1. The second-order valence-electron chi connectivity index (χ2n) is 5.92. The summed E-state index contributed by atoms with van der Waals surface area (Å²) in [7, 11) is -2.64. The minimum Gasteiger partial charge on any atom is -0.494 e. The Morgan fingerprint density at radius 2 is 2.03 bits per heavy atom. The van der Waals surface area contributed by atoms with Crippen LogP contribution in [0.4, 0.5) is 10.2 Å². The van der Waals surface area contributed by atoms with E-state index in [9.17, 15) is 18.1 Å². The summed E-state index contributed by atoms with van der Waals surface area (Å²) in [5.74, 6) is -0.712. The zero-order valence-electron chi connectivity index (χ0n) is 15.5. The second-order valence-corrected chi connectivity index (χ2v) is 7.61. The molecule has 0 radical (unpaired) electrons. The Morgan fingerprint density at radius 3 is 2.62 bits per heavy atom. The highest BCUT2D eigenvalue weighted by molar-refractivity contribution is 7.92. The van der Waals surface area contributed by atoms with E-state index in [2.05, 4.69) is 16.4 Å². The molecule has 0 saturated carbocycles. The first-order valence-corrected chi connectivity index (χ1v) is 9.93. The van der Waals surface area contributed by atoms with Gasteiger partial charge >= 0.3 is 0 Å². The van der Waals surface area contributed by atoms with Gasteiger partial charge in [-0.15, -0.1) is 6.58 Å². The van der Waals surface area contributed by atoms with Gasteiger partial charge in [-0.2, -0.15) is 10.4 Å². The number of methoxy groups -OCH3 is 1. The lowest BCUT2D eigenvalue weighted by Gasteiger charge is -2.09. The van der Waals surface area contributed by atoms with Gasteiger partial charge in [0.05, 0.1) is 24.1 Å². The van der Waals surface area contributed by atoms with E-state index in [0.717, 1.165) is 6.07 Å². The third-order valence-electron chi connectivity index (χ3n) is 4.09. The van der Waals surface area contributed by atoms with Crippen molar-refractivity contribution < 1.29 is 17.5 Å². The number of ether oxygens (including phenoxy) is 1. The first kappa shape index (κ1) is 20.1. The molecule has 1 aromatic heterocycles. The Morgan fingerprint density at radius 1 is 1.31 bits per heavy atom. The number of aromatic nitrogens is 2. The average Bonchev–Trinajstić information content (AvgIpc) is 3.05. The Kier molecular flexibility index (Phi) is 5.66. The van der Waals surface area contributed by atoms with Crippen molar-refractivity contribution in [3.05, 3.63) is 72.7 Å². The number of anilines is 1.